The Morgan fingerprint density at radius 1 is 0.786 bits per heavy atom. The van der Waals surface area contributed by atoms with Crippen LogP contribution in [0.2, 0.25) is 0 Å². The monoisotopic (exact) mass is 380 g/mol. The van der Waals surface area contributed by atoms with Gasteiger partial charge in [-0.05, 0) is 57.9 Å². The average Bonchev–Trinajstić information content (AvgIpc) is 2.65. The lowest BCUT2D eigenvalue weighted by Gasteiger charge is -2.13. The standard InChI is InChI=1S/C16H20O.C10H16O/c1-14-9-11-15(12-10-14)13-17-16-7-5-3-2-4-6-8-16;1-2-11-10-8-6-4-3-5-7-9-10/h9-12,16H,2-5,7,13H2,1H3;10H,2-6,8H2,1H3. The first-order valence-corrected chi connectivity index (χ1v) is 11.0. The molecule has 0 aromatic heterocycles. The van der Waals surface area contributed by atoms with Crippen LogP contribution in [-0.4, -0.2) is 18.8 Å². The Bertz CT molecular complexity index is 654. The van der Waals surface area contributed by atoms with E-state index in [0.29, 0.717) is 6.61 Å². The highest BCUT2D eigenvalue weighted by Crippen LogP contribution is 2.13. The van der Waals surface area contributed by atoms with Crippen molar-refractivity contribution in [2.45, 2.75) is 96.9 Å². The molecule has 2 heteroatoms. The predicted molar refractivity (Wildman–Crippen MR) is 117 cm³/mol. The van der Waals surface area contributed by atoms with Crippen molar-refractivity contribution in [3.05, 3.63) is 35.4 Å². The molecule has 3 rings (SSSR count). The van der Waals surface area contributed by atoms with Crippen molar-refractivity contribution < 1.29 is 9.47 Å². The minimum Gasteiger partial charge on any atom is -0.366 e. The first-order valence-electron chi connectivity index (χ1n) is 11.0. The second kappa shape index (κ2) is 14.3. The van der Waals surface area contributed by atoms with Gasteiger partial charge in [-0.15, -0.1) is 11.8 Å². The molecule has 2 aliphatic rings. The molecule has 0 spiro atoms. The van der Waals surface area contributed by atoms with Gasteiger partial charge in [0.25, 0.3) is 0 Å². The lowest BCUT2D eigenvalue weighted by molar-refractivity contribution is 0.0704. The molecule has 0 amide bonds. The van der Waals surface area contributed by atoms with Crippen LogP contribution in [0.15, 0.2) is 24.3 Å². The summed E-state index contributed by atoms with van der Waals surface area (Å²) in [5.74, 6) is 12.7. The second-order valence-corrected chi connectivity index (χ2v) is 7.57. The van der Waals surface area contributed by atoms with Crippen LogP contribution in [0.5, 0.6) is 0 Å². The zero-order chi connectivity index (χ0) is 19.9. The Morgan fingerprint density at radius 3 is 1.93 bits per heavy atom. The zero-order valence-electron chi connectivity index (χ0n) is 17.8. The SMILES string of the molecule is CCOC1C#CCCCCC1.Cc1ccc(COC2C#CCCCCC2)cc1. The molecule has 0 heterocycles. The summed E-state index contributed by atoms with van der Waals surface area (Å²) in [4.78, 5) is 0. The van der Waals surface area contributed by atoms with Gasteiger partial charge < -0.3 is 9.47 Å². The summed E-state index contributed by atoms with van der Waals surface area (Å²) >= 11 is 0. The second-order valence-electron chi connectivity index (χ2n) is 7.57. The van der Waals surface area contributed by atoms with Crippen molar-refractivity contribution in [1.29, 1.82) is 0 Å². The highest BCUT2D eigenvalue weighted by atomic mass is 16.5. The summed E-state index contributed by atoms with van der Waals surface area (Å²) in [5.41, 5.74) is 2.53. The quantitative estimate of drug-likeness (QED) is 0.566. The van der Waals surface area contributed by atoms with E-state index in [4.69, 9.17) is 9.47 Å². The van der Waals surface area contributed by atoms with Crippen molar-refractivity contribution in [2.24, 2.45) is 0 Å². The van der Waals surface area contributed by atoms with E-state index in [1.54, 1.807) is 0 Å². The van der Waals surface area contributed by atoms with Gasteiger partial charge in [-0.25, -0.2) is 0 Å². The molecule has 2 unspecified atom stereocenters. The molecular weight excluding hydrogens is 344 g/mol. The molecule has 0 aliphatic heterocycles. The average molecular weight is 381 g/mol. The molecule has 0 bridgehead atoms. The molecule has 2 nitrogen and oxygen atoms in total. The van der Waals surface area contributed by atoms with Crippen LogP contribution in [0.3, 0.4) is 0 Å². The van der Waals surface area contributed by atoms with Gasteiger partial charge in [0.1, 0.15) is 12.2 Å². The summed E-state index contributed by atoms with van der Waals surface area (Å²) in [6, 6.07) is 8.52. The van der Waals surface area contributed by atoms with Gasteiger partial charge in [0.05, 0.1) is 6.61 Å². The Labute approximate surface area is 172 Å². The Kier molecular flexibility index (Phi) is 11.5. The molecule has 0 saturated heterocycles. The van der Waals surface area contributed by atoms with Crippen LogP contribution in [-0.2, 0) is 16.1 Å². The third-order valence-electron chi connectivity index (χ3n) is 5.00. The molecule has 0 saturated carbocycles. The van der Waals surface area contributed by atoms with Gasteiger partial charge in [-0.1, -0.05) is 54.5 Å². The van der Waals surface area contributed by atoms with Crippen LogP contribution in [0.25, 0.3) is 0 Å². The summed E-state index contributed by atoms with van der Waals surface area (Å²) in [5, 5.41) is 0. The molecule has 2 aliphatic carbocycles. The maximum absolute atomic E-state index is 5.87. The fourth-order valence-electron chi connectivity index (χ4n) is 3.29. The Hall–Kier alpha value is -1.74. The fourth-order valence-corrected chi connectivity index (χ4v) is 3.29. The summed E-state index contributed by atoms with van der Waals surface area (Å²) in [6.07, 6.45) is 12.3. The summed E-state index contributed by atoms with van der Waals surface area (Å²) in [7, 11) is 0. The topological polar surface area (TPSA) is 18.5 Å². The fraction of sp³-hybridized carbons (Fsp3) is 0.615. The van der Waals surface area contributed by atoms with E-state index in [2.05, 4.69) is 54.9 Å². The van der Waals surface area contributed by atoms with Gasteiger partial charge in [-0.3, -0.25) is 0 Å². The lowest BCUT2D eigenvalue weighted by Crippen LogP contribution is -2.11. The number of benzene rings is 1. The molecule has 0 radical (unpaired) electrons. The number of hydrogen-bond acceptors (Lipinski definition) is 2. The number of aryl methyl sites for hydroxylation is 1. The molecule has 152 valence electrons. The van der Waals surface area contributed by atoms with Crippen molar-refractivity contribution in [3.8, 4) is 23.7 Å². The third kappa shape index (κ3) is 9.98. The van der Waals surface area contributed by atoms with Crippen LogP contribution >= 0.6 is 0 Å². The largest absolute Gasteiger partial charge is 0.366 e. The molecule has 1 aromatic carbocycles. The van der Waals surface area contributed by atoms with Gasteiger partial charge >= 0.3 is 0 Å². The Morgan fingerprint density at radius 2 is 1.36 bits per heavy atom. The maximum Gasteiger partial charge on any atom is 0.118 e. The summed E-state index contributed by atoms with van der Waals surface area (Å²) in [6.45, 7) is 5.60. The number of ether oxygens (including phenoxy) is 2. The van der Waals surface area contributed by atoms with Gasteiger partial charge in [0, 0.05) is 19.4 Å². The number of hydrogen-bond donors (Lipinski definition) is 0. The van der Waals surface area contributed by atoms with Crippen molar-refractivity contribution in [2.75, 3.05) is 6.61 Å². The van der Waals surface area contributed by atoms with Crippen LogP contribution < -0.4 is 0 Å². The first-order chi connectivity index (χ1) is 13.8. The highest BCUT2D eigenvalue weighted by molar-refractivity contribution is 5.20. The lowest BCUT2D eigenvalue weighted by atomic mass is 10.1. The van der Waals surface area contributed by atoms with Gasteiger partial charge in [0.15, 0.2) is 0 Å². The molecule has 0 fully saturated rings. The Balaban J connectivity index is 0.000000221. The minimum absolute atomic E-state index is 0.136. The minimum atomic E-state index is 0.136. The third-order valence-corrected chi connectivity index (χ3v) is 5.00. The van der Waals surface area contributed by atoms with Crippen LogP contribution in [0, 0.1) is 30.6 Å². The normalized spacial score (nSPS) is 21.8. The number of rotatable bonds is 5. The van der Waals surface area contributed by atoms with Crippen LogP contribution in [0.4, 0.5) is 0 Å². The molecule has 0 N–H and O–H groups in total. The zero-order valence-corrected chi connectivity index (χ0v) is 17.8. The van der Waals surface area contributed by atoms with Gasteiger partial charge in [-0.2, -0.15) is 0 Å². The van der Waals surface area contributed by atoms with Crippen molar-refractivity contribution in [3.63, 3.8) is 0 Å². The van der Waals surface area contributed by atoms with E-state index in [1.807, 2.05) is 6.92 Å². The molecule has 2 atom stereocenters. The van der Waals surface area contributed by atoms with Crippen molar-refractivity contribution >= 4 is 0 Å². The maximum atomic E-state index is 5.87. The van der Waals surface area contributed by atoms with E-state index >= 15 is 0 Å². The highest BCUT2D eigenvalue weighted by Gasteiger charge is 2.07. The first kappa shape index (κ1) is 22.5. The summed E-state index contributed by atoms with van der Waals surface area (Å²) < 4.78 is 11.3. The molecular formula is C26H36O2. The van der Waals surface area contributed by atoms with E-state index in [-0.39, 0.29) is 12.2 Å². The van der Waals surface area contributed by atoms with E-state index in [1.165, 1.54) is 49.7 Å². The van der Waals surface area contributed by atoms with Crippen molar-refractivity contribution in [1.82, 2.24) is 0 Å². The van der Waals surface area contributed by atoms with E-state index in [9.17, 15) is 0 Å². The molecule has 28 heavy (non-hydrogen) atoms. The molecule has 1 aromatic rings. The van der Waals surface area contributed by atoms with E-state index in [0.717, 1.165) is 32.3 Å². The van der Waals surface area contributed by atoms with Crippen LogP contribution in [0.1, 0.15) is 82.3 Å². The predicted octanol–water partition coefficient (Wildman–Crippen LogP) is 6.21. The smallest absolute Gasteiger partial charge is 0.118 e. The van der Waals surface area contributed by atoms with Gasteiger partial charge in [0.2, 0.25) is 0 Å². The van der Waals surface area contributed by atoms with E-state index < -0.39 is 0 Å².